The fourth-order valence-corrected chi connectivity index (χ4v) is 5.81. The minimum atomic E-state index is -0.298. The first-order valence-corrected chi connectivity index (χ1v) is 13.3. The number of hydrogen-bond acceptors (Lipinski definition) is 2. The average molecular weight is 514 g/mol. The van der Waals surface area contributed by atoms with Crippen LogP contribution in [0.3, 0.4) is 0 Å². The zero-order valence-electron chi connectivity index (χ0n) is 21.8. The maximum atomic E-state index is 14.0. The maximum Gasteiger partial charge on any atom is 0.318 e. The van der Waals surface area contributed by atoms with Crippen LogP contribution >= 0.6 is 0 Å². The number of fused-ring (bicyclic) bond motifs is 1. The Morgan fingerprint density at radius 2 is 1.55 bits per heavy atom. The van der Waals surface area contributed by atoms with E-state index in [1.807, 2.05) is 36.1 Å². The largest absolute Gasteiger partial charge is 0.331 e. The van der Waals surface area contributed by atoms with Crippen molar-refractivity contribution in [3.8, 4) is 0 Å². The van der Waals surface area contributed by atoms with Gasteiger partial charge in [-0.05, 0) is 98.5 Å². The number of amides is 2. The quantitative estimate of drug-likeness (QED) is 0.283. The molecular formula is C32H33F2N3O. The monoisotopic (exact) mass is 513 g/mol. The van der Waals surface area contributed by atoms with Gasteiger partial charge in [0.1, 0.15) is 11.6 Å². The molecule has 1 fully saturated rings. The Kier molecular flexibility index (Phi) is 7.68. The normalized spacial score (nSPS) is 19.1. The number of nitrogens with one attached hydrogen (secondary N) is 1. The van der Waals surface area contributed by atoms with Gasteiger partial charge in [0.05, 0.1) is 17.6 Å². The number of urea groups is 1. The second-order valence-corrected chi connectivity index (χ2v) is 10.3. The molecule has 196 valence electrons. The van der Waals surface area contributed by atoms with E-state index in [2.05, 4.69) is 29.4 Å². The molecule has 38 heavy (non-hydrogen) atoms. The molecule has 1 aromatic heterocycles. The average Bonchev–Trinajstić information content (AvgIpc) is 2.94. The molecule has 4 aromatic rings. The Labute approximate surface area is 222 Å². The lowest BCUT2D eigenvalue weighted by atomic mass is 9.80. The molecule has 6 heteroatoms. The summed E-state index contributed by atoms with van der Waals surface area (Å²) in [5.74, 6) is -0.267. The van der Waals surface area contributed by atoms with Gasteiger partial charge in [0, 0.05) is 17.6 Å². The fraction of sp³-hybridized carbons (Fsp3) is 0.312. The van der Waals surface area contributed by atoms with Gasteiger partial charge < -0.3 is 10.2 Å². The molecule has 5 rings (SSSR count). The Morgan fingerprint density at radius 3 is 2.26 bits per heavy atom. The maximum absolute atomic E-state index is 14.0. The summed E-state index contributed by atoms with van der Waals surface area (Å²) in [4.78, 5) is 20.2. The van der Waals surface area contributed by atoms with Crippen molar-refractivity contribution in [3.05, 3.63) is 113 Å². The van der Waals surface area contributed by atoms with Gasteiger partial charge in [-0.1, -0.05) is 42.5 Å². The summed E-state index contributed by atoms with van der Waals surface area (Å²) >= 11 is 0. The molecule has 0 aliphatic heterocycles. The van der Waals surface area contributed by atoms with E-state index in [1.54, 1.807) is 30.5 Å². The van der Waals surface area contributed by atoms with Crippen molar-refractivity contribution in [1.29, 1.82) is 0 Å². The van der Waals surface area contributed by atoms with Crippen LogP contribution in [0.15, 0.2) is 85.1 Å². The highest BCUT2D eigenvalue weighted by Crippen LogP contribution is 2.39. The minimum Gasteiger partial charge on any atom is -0.331 e. The lowest BCUT2D eigenvalue weighted by molar-refractivity contribution is 0.123. The molecule has 1 aliphatic carbocycles. The predicted molar refractivity (Wildman–Crippen MR) is 147 cm³/mol. The summed E-state index contributed by atoms with van der Waals surface area (Å²) < 4.78 is 27.5. The number of hydrogen-bond donors (Lipinski definition) is 1. The van der Waals surface area contributed by atoms with Crippen molar-refractivity contribution < 1.29 is 13.6 Å². The lowest BCUT2D eigenvalue weighted by Gasteiger charge is -2.41. The topological polar surface area (TPSA) is 45.2 Å². The molecule has 0 spiro atoms. The van der Waals surface area contributed by atoms with Gasteiger partial charge in [-0.25, -0.2) is 13.6 Å². The van der Waals surface area contributed by atoms with E-state index in [0.29, 0.717) is 0 Å². The summed E-state index contributed by atoms with van der Waals surface area (Å²) in [6.45, 7) is 3.99. The van der Waals surface area contributed by atoms with Crippen LogP contribution in [0, 0.1) is 11.6 Å². The predicted octanol–water partition coefficient (Wildman–Crippen LogP) is 8.07. The molecule has 2 amide bonds. The van der Waals surface area contributed by atoms with Crippen LogP contribution in [0.25, 0.3) is 10.9 Å². The number of benzene rings is 3. The highest BCUT2D eigenvalue weighted by Gasteiger charge is 2.34. The van der Waals surface area contributed by atoms with Crippen molar-refractivity contribution in [2.75, 3.05) is 0 Å². The van der Waals surface area contributed by atoms with Gasteiger partial charge in [0.15, 0.2) is 0 Å². The van der Waals surface area contributed by atoms with E-state index in [4.69, 9.17) is 0 Å². The summed E-state index contributed by atoms with van der Waals surface area (Å²) in [6, 6.07) is 22.6. The van der Waals surface area contributed by atoms with Gasteiger partial charge >= 0.3 is 6.03 Å². The molecule has 2 atom stereocenters. The number of nitrogens with zero attached hydrogens (tertiary/aromatic N) is 2. The summed E-state index contributed by atoms with van der Waals surface area (Å²) in [6.07, 6.45) is 5.30. The van der Waals surface area contributed by atoms with Crippen LogP contribution < -0.4 is 5.32 Å². The van der Waals surface area contributed by atoms with Gasteiger partial charge in [-0.3, -0.25) is 4.98 Å². The molecule has 0 unspecified atom stereocenters. The third-order valence-electron chi connectivity index (χ3n) is 7.91. The SMILES string of the molecule is C[C@H](c1ccccc1)N(C(=O)N[C@H](C)c1ccc(F)cc1)C1CCC(c2ccnc3ccc(F)cc23)CC1. The fourth-order valence-electron chi connectivity index (χ4n) is 5.81. The van der Waals surface area contributed by atoms with Crippen molar-refractivity contribution >= 4 is 16.9 Å². The standard InChI is InChI=1S/C32H33F2N3O/c1-21(23-8-12-26(33)13-9-23)36-32(38)37(22(2)24-6-4-3-5-7-24)28-15-10-25(11-16-28)29-18-19-35-31-17-14-27(34)20-30(29)31/h3-9,12-14,17-22,25,28H,10-11,15-16H2,1-2H3,(H,36,38)/t21-,22-,25?,28?/m1/s1. The number of halogens is 2. The molecule has 4 nitrogen and oxygen atoms in total. The van der Waals surface area contributed by atoms with Crippen LogP contribution in [0.2, 0.25) is 0 Å². The van der Waals surface area contributed by atoms with Crippen molar-refractivity contribution in [3.63, 3.8) is 0 Å². The molecule has 3 aromatic carbocycles. The number of carbonyl (C=O) groups is 1. The van der Waals surface area contributed by atoms with Gasteiger partial charge in [0.2, 0.25) is 0 Å². The Bertz CT molecular complexity index is 1390. The van der Waals surface area contributed by atoms with Crippen LogP contribution in [0.5, 0.6) is 0 Å². The second kappa shape index (κ2) is 11.3. The van der Waals surface area contributed by atoms with E-state index >= 15 is 0 Å². The molecule has 0 saturated heterocycles. The van der Waals surface area contributed by atoms with Gasteiger partial charge in [-0.2, -0.15) is 0 Å². The third kappa shape index (κ3) is 5.54. The lowest BCUT2D eigenvalue weighted by Crippen LogP contribution is -2.49. The van der Waals surface area contributed by atoms with E-state index < -0.39 is 0 Å². The summed E-state index contributed by atoms with van der Waals surface area (Å²) in [5, 5.41) is 4.02. The summed E-state index contributed by atoms with van der Waals surface area (Å²) in [5.41, 5.74) is 3.87. The zero-order valence-corrected chi connectivity index (χ0v) is 21.8. The first-order valence-electron chi connectivity index (χ1n) is 13.3. The Morgan fingerprint density at radius 1 is 0.868 bits per heavy atom. The van der Waals surface area contributed by atoms with Crippen LogP contribution in [-0.2, 0) is 0 Å². The highest BCUT2D eigenvalue weighted by atomic mass is 19.1. The smallest absolute Gasteiger partial charge is 0.318 e. The molecule has 0 bridgehead atoms. The van der Waals surface area contributed by atoms with Crippen LogP contribution in [-0.4, -0.2) is 22.0 Å². The van der Waals surface area contributed by atoms with Crippen LogP contribution in [0.1, 0.15) is 74.2 Å². The summed E-state index contributed by atoms with van der Waals surface area (Å²) in [7, 11) is 0. The van der Waals surface area contributed by atoms with Crippen molar-refractivity contribution in [2.24, 2.45) is 0 Å². The van der Waals surface area contributed by atoms with E-state index in [9.17, 15) is 13.6 Å². The van der Waals surface area contributed by atoms with Crippen molar-refractivity contribution in [2.45, 2.75) is 63.6 Å². The highest BCUT2D eigenvalue weighted by molar-refractivity contribution is 5.82. The number of aromatic nitrogens is 1. The Hall–Kier alpha value is -3.80. The van der Waals surface area contributed by atoms with E-state index in [-0.39, 0.29) is 41.7 Å². The number of rotatable bonds is 6. The molecule has 1 saturated carbocycles. The molecule has 0 radical (unpaired) electrons. The first kappa shape index (κ1) is 25.8. The van der Waals surface area contributed by atoms with Gasteiger partial charge in [0.25, 0.3) is 0 Å². The van der Waals surface area contributed by atoms with E-state index in [0.717, 1.165) is 53.3 Å². The third-order valence-corrected chi connectivity index (χ3v) is 7.91. The first-order chi connectivity index (χ1) is 18.4. The molecule has 1 N–H and O–H groups in total. The number of pyridine rings is 1. The van der Waals surface area contributed by atoms with Gasteiger partial charge in [-0.15, -0.1) is 0 Å². The zero-order chi connectivity index (χ0) is 26.6. The minimum absolute atomic E-state index is 0.0618. The molecule has 1 aliphatic rings. The van der Waals surface area contributed by atoms with E-state index in [1.165, 1.54) is 18.2 Å². The molecule has 1 heterocycles. The molecular weight excluding hydrogens is 480 g/mol. The second-order valence-electron chi connectivity index (χ2n) is 10.3. The number of carbonyl (C=O) groups excluding carboxylic acids is 1. The van der Waals surface area contributed by atoms with Crippen LogP contribution in [0.4, 0.5) is 13.6 Å². The van der Waals surface area contributed by atoms with Crippen molar-refractivity contribution in [1.82, 2.24) is 15.2 Å². The Balaban J connectivity index is 1.36.